The zero-order chi connectivity index (χ0) is 14.0. The molecule has 0 aliphatic carbocycles. The number of nitrogens with zero attached hydrogens (tertiary/aromatic N) is 3. The molecule has 0 radical (unpaired) electrons. The topological polar surface area (TPSA) is 47.1 Å². The minimum atomic E-state index is 0.526. The number of hydrogen-bond acceptors (Lipinski definition) is 3. The Bertz CT molecular complexity index is 428. The van der Waals surface area contributed by atoms with E-state index in [1.807, 2.05) is 4.68 Å². The van der Waals surface area contributed by atoms with Gasteiger partial charge in [-0.05, 0) is 38.1 Å². The molecule has 19 heavy (non-hydrogen) atoms. The first-order valence-corrected chi connectivity index (χ1v) is 7.48. The molecule has 0 unspecified atom stereocenters. The second kappa shape index (κ2) is 5.53. The summed E-state index contributed by atoms with van der Waals surface area (Å²) in [5, 5.41) is 4.58. The molecule has 0 bridgehead atoms. The van der Waals surface area contributed by atoms with Crippen molar-refractivity contribution in [3.8, 4) is 0 Å². The van der Waals surface area contributed by atoms with E-state index in [2.05, 4.69) is 37.8 Å². The summed E-state index contributed by atoms with van der Waals surface area (Å²) in [5.41, 5.74) is 8.74. The predicted octanol–water partition coefficient (Wildman–Crippen LogP) is 2.25. The fourth-order valence-electron chi connectivity index (χ4n) is 3.13. The minimum absolute atomic E-state index is 0.526. The molecule has 2 rings (SSSR count). The van der Waals surface area contributed by atoms with Gasteiger partial charge in [-0.15, -0.1) is 0 Å². The van der Waals surface area contributed by atoms with E-state index in [9.17, 15) is 0 Å². The van der Waals surface area contributed by atoms with Crippen molar-refractivity contribution in [2.24, 2.45) is 18.2 Å². The van der Waals surface area contributed by atoms with Gasteiger partial charge >= 0.3 is 0 Å². The molecule has 2 heterocycles. The van der Waals surface area contributed by atoms with Crippen LogP contribution >= 0.6 is 0 Å². The van der Waals surface area contributed by atoms with E-state index in [1.165, 1.54) is 30.6 Å². The summed E-state index contributed by atoms with van der Waals surface area (Å²) in [7, 11) is 2.05. The molecule has 1 aromatic rings. The highest BCUT2D eigenvalue weighted by molar-refractivity contribution is 5.50. The highest BCUT2D eigenvalue weighted by Gasteiger charge is 2.30. The van der Waals surface area contributed by atoms with Gasteiger partial charge in [0.25, 0.3) is 0 Å². The number of rotatable bonds is 4. The van der Waals surface area contributed by atoms with Gasteiger partial charge in [0.05, 0.1) is 5.69 Å². The number of nitrogens with two attached hydrogens (primary N) is 1. The van der Waals surface area contributed by atoms with Crippen molar-refractivity contribution in [1.29, 1.82) is 0 Å². The van der Waals surface area contributed by atoms with E-state index in [0.29, 0.717) is 12.0 Å². The van der Waals surface area contributed by atoms with E-state index < -0.39 is 0 Å². The third-order valence-electron chi connectivity index (χ3n) is 4.83. The standard InChI is InChI=1S/C15H28N4/c1-5-15(3)7-10-19(11-8-15)14-13(6-9-16)12(2)17-18(14)4/h5-11,16H2,1-4H3. The Labute approximate surface area is 117 Å². The SMILES string of the molecule is CCC1(C)CCN(c2c(CCN)c(C)nn2C)CC1. The van der Waals surface area contributed by atoms with Crippen LogP contribution < -0.4 is 10.6 Å². The van der Waals surface area contributed by atoms with Crippen LogP contribution in [0.3, 0.4) is 0 Å². The lowest BCUT2D eigenvalue weighted by atomic mass is 9.78. The Balaban J connectivity index is 2.19. The normalized spacial score (nSPS) is 18.9. The van der Waals surface area contributed by atoms with Gasteiger partial charge in [-0.1, -0.05) is 20.3 Å². The van der Waals surface area contributed by atoms with Gasteiger partial charge in [-0.3, -0.25) is 4.68 Å². The maximum absolute atomic E-state index is 5.75. The Hall–Kier alpha value is -1.03. The minimum Gasteiger partial charge on any atom is -0.357 e. The van der Waals surface area contributed by atoms with Crippen LogP contribution in [0.4, 0.5) is 5.82 Å². The number of piperidine rings is 1. The maximum Gasteiger partial charge on any atom is 0.130 e. The number of anilines is 1. The lowest BCUT2D eigenvalue weighted by molar-refractivity contribution is 0.237. The Morgan fingerprint density at radius 3 is 2.47 bits per heavy atom. The van der Waals surface area contributed by atoms with Crippen LogP contribution in [0, 0.1) is 12.3 Å². The summed E-state index contributed by atoms with van der Waals surface area (Å²) in [5.74, 6) is 1.29. The summed E-state index contributed by atoms with van der Waals surface area (Å²) in [6.07, 6.45) is 4.75. The first-order valence-electron chi connectivity index (χ1n) is 7.48. The van der Waals surface area contributed by atoms with Crippen molar-refractivity contribution in [2.75, 3.05) is 24.5 Å². The molecule has 4 heteroatoms. The maximum atomic E-state index is 5.75. The van der Waals surface area contributed by atoms with Gasteiger partial charge in [-0.2, -0.15) is 5.10 Å². The fourth-order valence-corrected chi connectivity index (χ4v) is 3.13. The second-order valence-electron chi connectivity index (χ2n) is 6.20. The largest absolute Gasteiger partial charge is 0.357 e. The first-order chi connectivity index (χ1) is 9.00. The molecule has 108 valence electrons. The monoisotopic (exact) mass is 264 g/mol. The molecule has 0 aromatic carbocycles. The zero-order valence-corrected chi connectivity index (χ0v) is 12.9. The number of hydrogen-bond donors (Lipinski definition) is 1. The highest BCUT2D eigenvalue weighted by atomic mass is 15.4. The molecule has 2 N–H and O–H groups in total. The lowest BCUT2D eigenvalue weighted by Crippen LogP contribution is -2.39. The van der Waals surface area contributed by atoms with Crippen LogP contribution in [-0.4, -0.2) is 29.4 Å². The van der Waals surface area contributed by atoms with E-state index in [-0.39, 0.29) is 0 Å². The van der Waals surface area contributed by atoms with E-state index in [0.717, 1.165) is 25.2 Å². The molecule has 0 spiro atoms. The fraction of sp³-hybridized carbons (Fsp3) is 0.800. The summed E-state index contributed by atoms with van der Waals surface area (Å²) >= 11 is 0. The summed E-state index contributed by atoms with van der Waals surface area (Å²) < 4.78 is 2.04. The number of aryl methyl sites for hydroxylation is 2. The quantitative estimate of drug-likeness (QED) is 0.907. The molecule has 1 fully saturated rings. The predicted molar refractivity (Wildman–Crippen MR) is 80.5 cm³/mol. The smallest absolute Gasteiger partial charge is 0.130 e. The number of aromatic nitrogens is 2. The highest BCUT2D eigenvalue weighted by Crippen LogP contribution is 2.36. The van der Waals surface area contributed by atoms with Crippen LogP contribution in [0.25, 0.3) is 0 Å². The van der Waals surface area contributed by atoms with Crippen molar-refractivity contribution in [2.45, 2.75) is 46.5 Å². The molecule has 0 amide bonds. The van der Waals surface area contributed by atoms with Gasteiger partial charge in [-0.25, -0.2) is 0 Å². The van der Waals surface area contributed by atoms with Gasteiger partial charge in [0.2, 0.25) is 0 Å². The third kappa shape index (κ3) is 2.78. The van der Waals surface area contributed by atoms with Crippen molar-refractivity contribution in [3.05, 3.63) is 11.3 Å². The van der Waals surface area contributed by atoms with E-state index in [4.69, 9.17) is 5.73 Å². The van der Waals surface area contributed by atoms with Gasteiger partial charge in [0.15, 0.2) is 0 Å². The van der Waals surface area contributed by atoms with Gasteiger partial charge in [0, 0.05) is 25.7 Å². The molecule has 0 atom stereocenters. The van der Waals surface area contributed by atoms with Crippen LogP contribution in [0.15, 0.2) is 0 Å². The zero-order valence-electron chi connectivity index (χ0n) is 12.9. The molecule has 1 aliphatic rings. The first kappa shape index (κ1) is 14.4. The van der Waals surface area contributed by atoms with Crippen LogP contribution in [0.5, 0.6) is 0 Å². The van der Waals surface area contributed by atoms with Crippen molar-refractivity contribution >= 4 is 5.82 Å². The Kier molecular flexibility index (Phi) is 4.19. The Morgan fingerprint density at radius 1 is 1.32 bits per heavy atom. The lowest BCUT2D eigenvalue weighted by Gasteiger charge is -2.40. The van der Waals surface area contributed by atoms with Crippen LogP contribution in [-0.2, 0) is 13.5 Å². The molecule has 1 saturated heterocycles. The van der Waals surface area contributed by atoms with Gasteiger partial charge in [0.1, 0.15) is 5.82 Å². The molecular formula is C15H28N4. The van der Waals surface area contributed by atoms with Crippen LogP contribution in [0.1, 0.15) is 44.4 Å². The summed E-state index contributed by atoms with van der Waals surface area (Å²) in [6, 6.07) is 0. The van der Waals surface area contributed by atoms with Crippen molar-refractivity contribution < 1.29 is 0 Å². The molecule has 1 aliphatic heterocycles. The van der Waals surface area contributed by atoms with Gasteiger partial charge < -0.3 is 10.6 Å². The molecular weight excluding hydrogens is 236 g/mol. The van der Waals surface area contributed by atoms with Crippen LogP contribution in [0.2, 0.25) is 0 Å². The summed E-state index contributed by atoms with van der Waals surface area (Å²) in [4.78, 5) is 2.50. The molecule has 0 saturated carbocycles. The second-order valence-corrected chi connectivity index (χ2v) is 6.20. The van der Waals surface area contributed by atoms with Crippen molar-refractivity contribution in [1.82, 2.24) is 9.78 Å². The average Bonchev–Trinajstić information content (AvgIpc) is 2.66. The van der Waals surface area contributed by atoms with E-state index in [1.54, 1.807) is 0 Å². The Morgan fingerprint density at radius 2 is 1.95 bits per heavy atom. The molecule has 4 nitrogen and oxygen atoms in total. The average molecular weight is 264 g/mol. The molecule has 1 aromatic heterocycles. The van der Waals surface area contributed by atoms with E-state index >= 15 is 0 Å². The summed E-state index contributed by atoms with van der Waals surface area (Å²) in [6.45, 7) is 9.79. The van der Waals surface area contributed by atoms with Crippen molar-refractivity contribution in [3.63, 3.8) is 0 Å². The third-order valence-corrected chi connectivity index (χ3v) is 4.83.